The molecule has 0 bridgehead atoms. The first-order valence-corrected chi connectivity index (χ1v) is 5.75. The summed E-state index contributed by atoms with van der Waals surface area (Å²) in [6.07, 6.45) is 0.489. The Bertz CT molecular complexity index is 505. The Morgan fingerprint density at radius 2 is 1.65 bits per heavy atom. The number of para-hydroxylation sites is 1. The first-order valence-electron chi connectivity index (χ1n) is 5.75. The molecule has 0 aliphatic rings. The summed E-state index contributed by atoms with van der Waals surface area (Å²) < 4.78 is 0. The number of nitrogens with one attached hydrogen (secondary N) is 1. The first-order chi connectivity index (χ1) is 8.31. The third kappa shape index (κ3) is 2.72. The molecule has 0 spiro atoms. The number of anilines is 1. The van der Waals surface area contributed by atoms with Crippen LogP contribution in [-0.4, -0.2) is 5.91 Å². The largest absolute Gasteiger partial charge is 0.326 e. The van der Waals surface area contributed by atoms with Gasteiger partial charge in [-0.1, -0.05) is 55.5 Å². The lowest BCUT2D eigenvalue weighted by Crippen LogP contribution is -2.10. The fourth-order valence-electron chi connectivity index (χ4n) is 1.70. The average molecular weight is 225 g/mol. The highest BCUT2D eigenvalue weighted by atomic mass is 16.1. The number of amides is 1. The van der Waals surface area contributed by atoms with E-state index >= 15 is 0 Å². The van der Waals surface area contributed by atoms with E-state index in [0.29, 0.717) is 6.42 Å². The summed E-state index contributed by atoms with van der Waals surface area (Å²) in [6.45, 7) is 1.85. The van der Waals surface area contributed by atoms with E-state index in [1.807, 2.05) is 61.5 Å². The van der Waals surface area contributed by atoms with Gasteiger partial charge in [0, 0.05) is 17.7 Å². The van der Waals surface area contributed by atoms with E-state index in [1.54, 1.807) is 0 Å². The van der Waals surface area contributed by atoms with Gasteiger partial charge in [-0.25, -0.2) is 0 Å². The van der Waals surface area contributed by atoms with E-state index in [-0.39, 0.29) is 5.91 Å². The minimum atomic E-state index is 0.0355. The van der Waals surface area contributed by atoms with Crippen LogP contribution in [0.1, 0.15) is 13.3 Å². The summed E-state index contributed by atoms with van der Waals surface area (Å²) in [6, 6.07) is 17.9. The van der Waals surface area contributed by atoms with Gasteiger partial charge in [0.2, 0.25) is 5.91 Å². The highest BCUT2D eigenvalue weighted by Gasteiger charge is 2.05. The molecule has 0 saturated heterocycles. The molecule has 0 fully saturated rings. The molecule has 2 aromatic rings. The number of hydrogen-bond acceptors (Lipinski definition) is 1. The molecule has 0 atom stereocenters. The Hall–Kier alpha value is -2.09. The SMILES string of the molecule is CCC(=O)Nc1ccccc1-c1ccccc1. The van der Waals surface area contributed by atoms with Crippen molar-refractivity contribution in [1.82, 2.24) is 0 Å². The molecule has 0 heterocycles. The molecular formula is C15H15NO. The Morgan fingerprint density at radius 1 is 1.00 bits per heavy atom. The third-order valence-corrected chi connectivity index (χ3v) is 2.61. The number of rotatable bonds is 3. The van der Waals surface area contributed by atoms with Crippen LogP contribution in [0.3, 0.4) is 0 Å². The highest BCUT2D eigenvalue weighted by molar-refractivity contribution is 5.95. The van der Waals surface area contributed by atoms with Gasteiger partial charge in [0.1, 0.15) is 0 Å². The van der Waals surface area contributed by atoms with E-state index < -0.39 is 0 Å². The summed E-state index contributed by atoms with van der Waals surface area (Å²) in [5, 5.41) is 2.92. The molecule has 0 radical (unpaired) electrons. The van der Waals surface area contributed by atoms with Crippen molar-refractivity contribution in [3.63, 3.8) is 0 Å². The van der Waals surface area contributed by atoms with Gasteiger partial charge in [-0.15, -0.1) is 0 Å². The lowest BCUT2D eigenvalue weighted by Gasteiger charge is -2.10. The summed E-state index contributed by atoms with van der Waals surface area (Å²) >= 11 is 0. The minimum absolute atomic E-state index is 0.0355. The fourth-order valence-corrected chi connectivity index (χ4v) is 1.70. The van der Waals surface area contributed by atoms with Crippen molar-refractivity contribution in [2.24, 2.45) is 0 Å². The van der Waals surface area contributed by atoms with Gasteiger partial charge in [0.05, 0.1) is 0 Å². The van der Waals surface area contributed by atoms with Crippen molar-refractivity contribution in [2.75, 3.05) is 5.32 Å². The normalized spacial score (nSPS) is 9.94. The van der Waals surface area contributed by atoms with Crippen LogP contribution in [-0.2, 0) is 4.79 Å². The van der Waals surface area contributed by atoms with Gasteiger partial charge in [-0.2, -0.15) is 0 Å². The van der Waals surface area contributed by atoms with Crippen molar-refractivity contribution in [2.45, 2.75) is 13.3 Å². The number of carbonyl (C=O) groups excluding carboxylic acids is 1. The Morgan fingerprint density at radius 3 is 2.35 bits per heavy atom. The monoisotopic (exact) mass is 225 g/mol. The summed E-state index contributed by atoms with van der Waals surface area (Å²) in [7, 11) is 0. The van der Waals surface area contributed by atoms with E-state index in [2.05, 4.69) is 5.32 Å². The van der Waals surface area contributed by atoms with Gasteiger partial charge in [-0.05, 0) is 11.6 Å². The van der Waals surface area contributed by atoms with E-state index in [1.165, 1.54) is 0 Å². The predicted octanol–water partition coefficient (Wildman–Crippen LogP) is 3.70. The van der Waals surface area contributed by atoms with Crippen LogP contribution in [0.15, 0.2) is 54.6 Å². The molecule has 0 saturated carbocycles. The van der Waals surface area contributed by atoms with Crippen LogP contribution in [0.4, 0.5) is 5.69 Å². The van der Waals surface area contributed by atoms with Gasteiger partial charge >= 0.3 is 0 Å². The number of benzene rings is 2. The molecule has 2 aromatic carbocycles. The lowest BCUT2D eigenvalue weighted by molar-refractivity contribution is -0.115. The van der Waals surface area contributed by atoms with E-state index in [9.17, 15) is 4.79 Å². The second-order valence-electron chi connectivity index (χ2n) is 3.81. The molecule has 2 heteroatoms. The van der Waals surface area contributed by atoms with Crippen molar-refractivity contribution in [1.29, 1.82) is 0 Å². The third-order valence-electron chi connectivity index (χ3n) is 2.61. The fraction of sp³-hybridized carbons (Fsp3) is 0.133. The van der Waals surface area contributed by atoms with E-state index in [0.717, 1.165) is 16.8 Å². The second-order valence-corrected chi connectivity index (χ2v) is 3.81. The van der Waals surface area contributed by atoms with Crippen LogP contribution in [0.2, 0.25) is 0 Å². The summed E-state index contributed by atoms with van der Waals surface area (Å²) in [5.41, 5.74) is 3.03. The predicted molar refractivity (Wildman–Crippen MR) is 70.8 cm³/mol. The van der Waals surface area contributed by atoms with Crippen LogP contribution < -0.4 is 5.32 Å². The quantitative estimate of drug-likeness (QED) is 0.847. The smallest absolute Gasteiger partial charge is 0.224 e. The van der Waals surface area contributed by atoms with Gasteiger partial charge in [0.15, 0.2) is 0 Å². The highest BCUT2D eigenvalue weighted by Crippen LogP contribution is 2.27. The van der Waals surface area contributed by atoms with Gasteiger partial charge in [0.25, 0.3) is 0 Å². The van der Waals surface area contributed by atoms with Crippen LogP contribution in [0.25, 0.3) is 11.1 Å². The number of hydrogen-bond donors (Lipinski definition) is 1. The Labute approximate surface area is 101 Å². The zero-order valence-electron chi connectivity index (χ0n) is 9.81. The summed E-state index contributed by atoms with van der Waals surface area (Å²) in [5.74, 6) is 0.0355. The molecule has 0 aromatic heterocycles. The van der Waals surface area contributed by atoms with Crippen LogP contribution in [0, 0.1) is 0 Å². The van der Waals surface area contributed by atoms with Crippen LogP contribution >= 0.6 is 0 Å². The molecule has 2 nitrogen and oxygen atoms in total. The topological polar surface area (TPSA) is 29.1 Å². The number of carbonyl (C=O) groups is 1. The van der Waals surface area contributed by atoms with Crippen molar-refractivity contribution >= 4 is 11.6 Å². The maximum absolute atomic E-state index is 11.5. The maximum atomic E-state index is 11.5. The van der Waals surface area contributed by atoms with Crippen molar-refractivity contribution in [3.8, 4) is 11.1 Å². The lowest BCUT2D eigenvalue weighted by atomic mass is 10.0. The second kappa shape index (κ2) is 5.30. The molecule has 2 rings (SSSR count). The molecular weight excluding hydrogens is 210 g/mol. The molecule has 0 aliphatic heterocycles. The van der Waals surface area contributed by atoms with Gasteiger partial charge in [-0.3, -0.25) is 4.79 Å². The maximum Gasteiger partial charge on any atom is 0.224 e. The van der Waals surface area contributed by atoms with Gasteiger partial charge < -0.3 is 5.32 Å². The standard InChI is InChI=1S/C15H15NO/c1-2-15(17)16-14-11-7-6-10-13(14)12-8-4-3-5-9-12/h3-11H,2H2,1H3,(H,16,17). The average Bonchev–Trinajstić information content (AvgIpc) is 2.40. The molecule has 17 heavy (non-hydrogen) atoms. The minimum Gasteiger partial charge on any atom is -0.326 e. The molecule has 0 aliphatic carbocycles. The summed E-state index contributed by atoms with van der Waals surface area (Å²) in [4.78, 5) is 11.5. The van der Waals surface area contributed by atoms with E-state index in [4.69, 9.17) is 0 Å². The zero-order chi connectivity index (χ0) is 12.1. The van der Waals surface area contributed by atoms with Crippen molar-refractivity contribution < 1.29 is 4.79 Å². The zero-order valence-corrected chi connectivity index (χ0v) is 9.81. The Kier molecular flexibility index (Phi) is 3.55. The van der Waals surface area contributed by atoms with Crippen molar-refractivity contribution in [3.05, 3.63) is 54.6 Å². The molecule has 0 unspecified atom stereocenters. The molecule has 1 N–H and O–H groups in total. The van der Waals surface area contributed by atoms with Crippen LogP contribution in [0.5, 0.6) is 0 Å². The molecule has 1 amide bonds. The Balaban J connectivity index is 2.38. The first kappa shape index (κ1) is 11.4. The molecule has 86 valence electrons.